The van der Waals surface area contributed by atoms with E-state index in [1.807, 2.05) is 18.9 Å². The van der Waals surface area contributed by atoms with Crippen molar-refractivity contribution >= 4 is 17.0 Å². The summed E-state index contributed by atoms with van der Waals surface area (Å²) in [5.41, 5.74) is 1.37. The summed E-state index contributed by atoms with van der Waals surface area (Å²) in [5.74, 6) is 1.44. The second-order valence-electron chi connectivity index (χ2n) is 10.3. The lowest BCUT2D eigenvalue weighted by Crippen LogP contribution is -2.63. The topological polar surface area (TPSA) is 66.7 Å². The van der Waals surface area contributed by atoms with Gasteiger partial charge in [0.25, 0.3) is 0 Å². The smallest absolute Gasteiger partial charge is 0.319 e. The number of fused-ring (bicyclic) bond motifs is 1. The van der Waals surface area contributed by atoms with Crippen molar-refractivity contribution in [3.8, 4) is 0 Å². The van der Waals surface area contributed by atoms with Crippen LogP contribution in [0.4, 0.5) is 4.79 Å². The largest absolute Gasteiger partial charge is 0.461 e. The quantitative estimate of drug-likeness (QED) is 0.410. The Balaban J connectivity index is 2.02. The molecular formula is C28H45N3O3. The van der Waals surface area contributed by atoms with Gasteiger partial charge < -0.3 is 19.8 Å². The lowest BCUT2D eigenvalue weighted by molar-refractivity contribution is -0.152. The number of hydrogen-bond donors (Lipinski definition) is 2. The van der Waals surface area contributed by atoms with Gasteiger partial charge in [0, 0.05) is 43.1 Å². The second-order valence-corrected chi connectivity index (χ2v) is 10.3. The molecule has 3 rings (SSSR count). The first-order chi connectivity index (χ1) is 16.4. The summed E-state index contributed by atoms with van der Waals surface area (Å²) < 4.78 is 12.6. The molecule has 6 heteroatoms. The standard InChI is InChI=1S/C28H45N3O3/c1-7-8-14-25(24-13-11-12-22-18-21(4)34-26(22)24)28(33-6)15-9-10-16-31(28)27(32)30-23(19-29-5)17-20(2)3/h11-13,18,20,23,25,29H,7-10,14-17,19H2,1-6H3,(H,30,32). The number of furan rings is 1. The van der Waals surface area contributed by atoms with Gasteiger partial charge in [0.1, 0.15) is 11.3 Å². The van der Waals surface area contributed by atoms with E-state index in [0.717, 1.165) is 73.8 Å². The zero-order valence-electron chi connectivity index (χ0n) is 22.1. The molecule has 1 aliphatic heterocycles. The Kier molecular flexibility index (Phi) is 9.43. The van der Waals surface area contributed by atoms with Crippen molar-refractivity contribution < 1.29 is 13.9 Å². The number of para-hydroxylation sites is 1. The fourth-order valence-electron chi connectivity index (χ4n) is 5.75. The van der Waals surface area contributed by atoms with E-state index < -0.39 is 5.72 Å². The first-order valence-electron chi connectivity index (χ1n) is 13.1. The molecule has 0 radical (unpaired) electrons. The highest BCUT2D eigenvalue weighted by Crippen LogP contribution is 2.46. The van der Waals surface area contributed by atoms with E-state index in [-0.39, 0.29) is 18.0 Å². The third-order valence-electron chi connectivity index (χ3n) is 7.22. The van der Waals surface area contributed by atoms with E-state index in [0.29, 0.717) is 12.5 Å². The average Bonchev–Trinajstić information content (AvgIpc) is 3.20. The molecule has 1 aromatic carbocycles. The molecule has 1 fully saturated rings. The number of amides is 2. The van der Waals surface area contributed by atoms with E-state index >= 15 is 0 Å². The monoisotopic (exact) mass is 471 g/mol. The third kappa shape index (κ3) is 5.77. The molecule has 0 aliphatic carbocycles. The Morgan fingerprint density at radius 1 is 1.29 bits per heavy atom. The molecule has 2 aromatic rings. The fourth-order valence-corrected chi connectivity index (χ4v) is 5.75. The van der Waals surface area contributed by atoms with Crippen LogP contribution in [0.2, 0.25) is 0 Å². The molecular weight excluding hydrogens is 426 g/mol. The maximum absolute atomic E-state index is 13.8. The van der Waals surface area contributed by atoms with Gasteiger partial charge in [-0.2, -0.15) is 0 Å². The minimum Gasteiger partial charge on any atom is -0.461 e. The summed E-state index contributed by atoms with van der Waals surface area (Å²) in [5, 5.41) is 7.68. The van der Waals surface area contributed by atoms with Crippen molar-refractivity contribution in [2.24, 2.45) is 5.92 Å². The van der Waals surface area contributed by atoms with Crippen molar-refractivity contribution in [3.05, 3.63) is 35.6 Å². The molecule has 190 valence electrons. The Labute approximate surface area is 205 Å². The minimum atomic E-state index is -0.700. The number of carbonyl (C=O) groups is 1. The molecule has 0 spiro atoms. The predicted octanol–water partition coefficient (Wildman–Crippen LogP) is 6.19. The van der Waals surface area contributed by atoms with Crippen molar-refractivity contribution in [3.63, 3.8) is 0 Å². The molecule has 3 atom stereocenters. The molecule has 1 aliphatic rings. The van der Waals surface area contributed by atoms with Crippen LogP contribution in [-0.2, 0) is 4.74 Å². The highest BCUT2D eigenvalue weighted by atomic mass is 16.5. The van der Waals surface area contributed by atoms with Crippen LogP contribution in [0, 0.1) is 12.8 Å². The third-order valence-corrected chi connectivity index (χ3v) is 7.22. The number of benzene rings is 1. The van der Waals surface area contributed by atoms with Crippen molar-refractivity contribution in [2.75, 3.05) is 27.2 Å². The highest BCUT2D eigenvalue weighted by molar-refractivity contribution is 5.82. The summed E-state index contributed by atoms with van der Waals surface area (Å²) in [6.07, 6.45) is 6.89. The van der Waals surface area contributed by atoms with Gasteiger partial charge in [0.2, 0.25) is 0 Å². The number of likely N-dealkylation sites (N-methyl/N-ethyl adjacent to an activating group) is 1. The van der Waals surface area contributed by atoms with Gasteiger partial charge in [-0.15, -0.1) is 0 Å². The van der Waals surface area contributed by atoms with Gasteiger partial charge in [-0.05, 0) is 58.1 Å². The molecule has 2 amide bonds. The summed E-state index contributed by atoms with van der Waals surface area (Å²) in [4.78, 5) is 15.8. The minimum absolute atomic E-state index is 0.0215. The molecule has 2 heterocycles. The molecule has 2 N–H and O–H groups in total. The van der Waals surface area contributed by atoms with Crippen LogP contribution in [0.15, 0.2) is 28.7 Å². The van der Waals surface area contributed by atoms with E-state index in [4.69, 9.17) is 9.15 Å². The Bertz CT molecular complexity index is 925. The number of rotatable bonds is 11. The van der Waals surface area contributed by atoms with Gasteiger partial charge in [-0.1, -0.05) is 51.8 Å². The molecule has 34 heavy (non-hydrogen) atoms. The molecule has 1 saturated heterocycles. The van der Waals surface area contributed by atoms with Gasteiger partial charge in [0.05, 0.1) is 0 Å². The molecule has 1 aromatic heterocycles. The number of urea groups is 1. The summed E-state index contributed by atoms with van der Waals surface area (Å²) in [7, 11) is 3.71. The van der Waals surface area contributed by atoms with Crippen LogP contribution in [0.25, 0.3) is 11.0 Å². The van der Waals surface area contributed by atoms with Crippen molar-refractivity contribution in [1.29, 1.82) is 0 Å². The number of carbonyl (C=O) groups excluding carboxylic acids is 1. The van der Waals surface area contributed by atoms with Gasteiger partial charge in [0.15, 0.2) is 5.72 Å². The SMILES string of the molecule is CCCCC(c1cccc2cc(C)oc12)C1(OC)CCCCN1C(=O)NC(CNC)CC(C)C. The van der Waals surface area contributed by atoms with E-state index in [1.54, 1.807) is 7.11 Å². The maximum atomic E-state index is 13.8. The van der Waals surface area contributed by atoms with Crippen LogP contribution in [0.1, 0.15) is 83.0 Å². The summed E-state index contributed by atoms with van der Waals surface area (Å²) >= 11 is 0. The summed E-state index contributed by atoms with van der Waals surface area (Å²) in [6, 6.07) is 8.53. The molecule has 3 unspecified atom stereocenters. The fraction of sp³-hybridized carbons (Fsp3) is 0.679. The van der Waals surface area contributed by atoms with E-state index in [2.05, 4.69) is 55.7 Å². The Hall–Kier alpha value is -2.05. The highest BCUT2D eigenvalue weighted by Gasteiger charge is 2.49. The van der Waals surface area contributed by atoms with Crippen molar-refractivity contribution in [2.45, 2.75) is 90.3 Å². The lowest BCUT2D eigenvalue weighted by atomic mass is 9.78. The number of methoxy groups -OCH3 is 1. The zero-order valence-corrected chi connectivity index (χ0v) is 22.1. The predicted molar refractivity (Wildman–Crippen MR) is 139 cm³/mol. The maximum Gasteiger partial charge on any atom is 0.319 e. The first-order valence-corrected chi connectivity index (χ1v) is 13.1. The summed E-state index contributed by atoms with van der Waals surface area (Å²) in [6.45, 7) is 10.1. The Morgan fingerprint density at radius 2 is 2.09 bits per heavy atom. The lowest BCUT2D eigenvalue weighted by Gasteiger charge is -2.50. The number of hydrogen-bond acceptors (Lipinski definition) is 4. The number of likely N-dealkylation sites (tertiary alicyclic amines) is 1. The van der Waals surface area contributed by atoms with Crippen LogP contribution in [-0.4, -0.2) is 49.9 Å². The first kappa shape index (κ1) is 26.6. The number of nitrogens with one attached hydrogen (secondary N) is 2. The van der Waals surface area contributed by atoms with Crippen molar-refractivity contribution in [1.82, 2.24) is 15.5 Å². The molecule has 6 nitrogen and oxygen atoms in total. The van der Waals surface area contributed by atoms with Crippen LogP contribution in [0.3, 0.4) is 0 Å². The molecule has 0 bridgehead atoms. The number of nitrogens with zero attached hydrogens (tertiary/aromatic N) is 1. The van der Waals surface area contributed by atoms with Crippen LogP contribution < -0.4 is 10.6 Å². The number of aryl methyl sites for hydroxylation is 1. The van der Waals surface area contributed by atoms with Gasteiger partial charge in [-0.3, -0.25) is 4.90 Å². The number of unbranched alkanes of at least 4 members (excludes halogenated alkanes) is 1. The average molecular weight is 472 g/mol. The zero-order chi connectivity index (χ0) is 24.7. The van der Waals surface area contributed by atoms with Gasteiger partial charge in [-0.25, -0.2) is 4.79 Å². The van der Waals surface area contributed by atoms with Gasteiger partial charge >= 0.3 is 6.03 Å². The number of ether oxygens (including phenoxy) is 1. The van der Waals surface area contributed by atoms with Crippen LogP contribution >= 0.6 is 0 Å². The van der Waals surface area contributed by atoms with E-state index in [9.17, 15) is 4.79 Å². The van der Waals surface area contributed by atoms with Crippen LogP contribution in [0.5, 0.6) is 0 Å². The number of piperidine rings is 1. The van der Waals surface area contributed by atoms with E-state index in [1.165, 1.54) is 0 Å². The normalized spacial score (nSPS) is 20.6. The Morgan fingerprint density at radius 3 is 2.76 bits per heavy atom. The molecule has 0 saturated carbocycles. The second kappa shape index (κ2) is 12.1.